The van der Waals surface area contributed by atoms with Crippen molar-refractivity contribution in [1.29, 1.82) is 0 Å². The van der Waals surface area contributed by atoms with Crippen LogP contribution in [0.3, 0.4) is 0 Å². The van der Waals surface area contributed by atoms with Crippen LogP contribution in [0.4, 0.5) is 5.69 Å². The van der Waals surface area contributed by atoms with E-state index in [0.717, 1.165) is 5.56 Å². The number of benzene rings is 2. The van der Waals surface area contributed by atoms with E-state index in [1.807, 2.05) is 0 Å². The van der Waals surface area contributed by atoms with Gasteiger partial charge in [-0.1, -0.05) is 29.8 Å². The molecule has 1 aliphatic rings. The third kappa shape index (κ3) is 3.52. The molecule has 0 radical (unpaired) electrons. The van der Waals surface area contributed by atoms with E-state index in [-0.39, 0.29) is 18.7 Å². The molecule has 0 saturated carbocycles. The number of amides is 1. The van der Waals surface area contributed by atoms with Crippen LogP contribution in [0, 0.1) is 10.1 Å². The maximum Gasteiger partial charge on any atom is 0.339 e. The van der Waals surface area contributed by atoms with Crippen molar-refractivity contribution < 1.29 is 19.2 Å². The smallest absolute Gasteiger partial charge is 0.339 e. The van der Waals surface area contributed by atoms with Crippen LogP contribution in [0.2, 0.25) is 5.02 Å². The van der Waals surface area contributed by atoms with Crippen molar-refractivity contribution in [1.82, 2.24) is 4.90 Å². The third-order valence-corrected chi connectivity index (χ3v) is 4.56. The van der Waals surface area contributed by atoms with Crippen molar-refractivity contribution in [2.75, 3.05) is 7.05 Å². The van der Waals surface area contributed by atoms with Gasteiger partial charge in [0.25, 0.3) is 11.6 Å². The van der Waals surface area contributed by atoms with Crippen LogP contribution in [-0.4, -0.2) is 34.9 Å². The van der Waals surface area contributed by atoms with Crippen LogP contribution in [0.5, 0.6) is 0 Å². The first-order chi connectivity index (χ1) is 12.4. The van der Waals surface area contributed by atoms with Crippen molar-refractivity contribution in [3.05, 3.63) is 74.3 Å². The summed E-state index contributed by atoms with van der Waals surface area (Å²) in [7, 11) is 1.53. The zero-order valence-corrected chi connectivity index (χ0v) is 14.6. The summed E-state index contributed by atoms with van der Waals surface area (Å²) in [6.07, 6.45) is -0.645. The first-order valence-corrected chi connectivity index (χ1v) is 8.21. The molecule has 2 aromatic rings. The molecule has 1 atom stereocenters. The normalized spacial score (nSPS) is 15.8. The summed E-state index contributed by atoms with van der Waals surface area (Å²) in [5.74, 6) is -0.928. The Morgan fingerprint density at radius 2 is 2.08 bits per heavy atom. The Morgan fingerprint density at radius 1 is 1.35 bits per heavy atom. The molecule has 0 aliphatic carbocycles. The number of esters is 1. The average Bonchev–Trinajstić information content (AvgIpc) is 2.62. The Balaban J connectivity index is 1.76. The molecule has 0 spiro atoms. The number of cyclic esters (lactones) is 1. The summed E-state index contributed by atoms with van der Waals surface area (Å²) in [6.45, 7) is 0.0645. The van der Waals surface area contributed by atoms with Gasteiger partial charge in [0.1, 0.15) is 0 Å². The standard InChI is InChI=1S/C18H15ClN2O5/c1-20(10-12-8-13(21(24)25)6-7-15(12)19)17(22)16-9-11-4-2-3-5-14(11)18(23)26-16/h2-8,16H,9-10H2,1H3. The fourth-order valence-corrected chi connectivity index (χ4v) is 3.02. The van der Waals surface area contributed by atoms with Gasteiger partial charge in [0.05, 0.1) is 10.5 Å². The number of carbonyl (C=O) groups is 2. The maximum absolute atomic E-state index is 12.7. The van der Waals surface area contributed by atoms with Crippen LogP contribution in [-0.2, 0) is 22.5 Å². The number of nitrogens with zero attached hydrogens (tertiary/aromatic N) is 2. The van der Waals surface area contributed by atoms with Crippen molar-refractivity contribution in [3.63, 3.8) is 0 Å². The summed E-state index contributed by atoms with van der Waals surface area (Å²) in [5, 5.41) is 11.2. The molecule has 1 aliphatic heterocycles. The highest BCUT2D eigenvalue weighted by Crippen LogP contribution is 2.25. The highest BCUT2D eigenvalue weighted by molar-refractivity contribution is 6.31. The lowest BCUT2D eigenvalue weighted by Crippen LogP contribution is -2.42. The molecule has 0 N–H and O–H groups in total. The lowest BCUT2D eigenvalue weighted by atomic mass is 9.98. The lowest BCUT2D eigenvalue weighted by Gasteiger charge is -2.27. The molecule has 7 nitrogen and oxygen atoms in total. The van der Waals surface area contributed by atoms with E-state index in [0.29, 0.717) is 16.1 Å². The zero-order valence-electron chi connectivity index (χ0n) is 13.8. The second-order valence-electron chi connectivity index (χ2n) is 5.98. The van der Waals surface area contributed by atoms with E-state index in [1.54, 1.807) is 24.3 Å². The number of fused-ring (bicyclic) bond motifs is 1. The van der Waals surface area contributed by atoms with E-state index in [1.165, 1.54) is 30.1 Å². The molecule has 3 rings (SSSR count). The summed E-state index contributed by atoms with van der Waals surface area (Å²) in [5.41, 5.74) is 1.55. The Hall–Kier alpha value is -2.93. The van der Waals surface area contributed by atoms with Crippen LogP contribution >= 0.6 is 11.6 Å². The van der Waals surface area contributed by atoms with E-state index < -0.39 is 22.9 Å². The quantitative estimate of drug-likeness (QED) is 0.466. The van der Waals surface area contributed by atoms with Gasteiger partial charge in [-0.05, 0) is 23.3 Å². The number of non-ortho nitro benzene ring substituents is 1. The van der Waals surface area contributed by atoms with Crippen molar-refractivity contribution >= 4 is 29.2 Å². The van der Waals surface area contributed by atoms with Crippen LogP contribution in [0.1, 0.15) is 21.5 Å². The average molecular weight is 375 g/mol. The first kappa shape index (κ1) is 17.9. The summed E-state index contributed by atoms with van der Waals surface area (Å²) in [4.78, 5) is 36.5. The minimum Gasteiger partial charge on any atom is -0.448 e. The monoisotopic (exact) mass is 374 g/mol. The molecule has 8 heteroatoms. The van der Waals surface area contributed by atoms with Crippen molar-refractivity contribution in [3.8, 4) is 0 Å². The van der Waals surface area contributed by atoms with E-state index in [2.05, 4.69) is 0 Å². The number of carbonyl (C=O) groups excluding carboxylic acids is 2. The predicted molar refractivity (Wildman–Crippen MR) is 93.9 cm³/mol. The van der Waals surface area contributed by atoms with Gasteiger partial charge in [-0.3, -0.25) is 14.9 Å². The number of hydrogen-bond acceptors (Lipinski definition) is 5. The Labute approximate surface area is 154 Å². The van der Waals surface area contributed by atoms with Gasteiger partial charge in [-0.25, -0.2) is 4.79 Å². The number of nitro groups is 1. The third-order valence-electron chi connectivity index (χ3n) is 4.19. The van der Waals surface area contributed by atoms with Crippen LogP contribution in [0.15, 0.2) is 42.5 Å². The zero-order chi connectivity index (χ0) is 18.8. The highest BCUT2D eigenvalue weighted by atomic mass is 35.5. The number of hydrogen-bond donors (Lipinski definition) is 0. The molecule has 134 valence electrons. The van der Waals surface area contributed by atoms with Gasteiger partial charge in [0, 0.05) is 37.2 Å². The predicted octanol–water partition coefficient (Wildman–Crippen LogP) is 2.99. The van der Waals surface area contributed by atoms with E-state index in [9.17, 15) is 19.7 Å². The molecule has 0 fully saturated rings. The van der Waals surface area contributed by atoms with Gasteiger partial charge in [-0.15, -0.1) is 0 Å². The second-order valence-corrected chi connectivity index (χ2v) is 6.39. The maximum atomic E-state index is 12.7. The van der Waals surface area contributed by atoms with Crippen LogP contribution in [0.25, 0.3) is 0 Å². The van der Waals surface area contributed by atoms with Gasteiger partial charge >= 0.3 is 5.97 Å². The Kier molecular flexibility index (Phi) is 4.90. The highest BCUT2D eigenvalue weighted by Gasteiger charge is 2.33. The van der Waals surface area contributed by atoms with Gasteiger partial charge in [0.15, 0.2) is 6.10 Å². The van der Waals surface area contributed by atoms with Crippen molar-refractivity contribution in [2.24, 2.45) is 0 Å². The minimum absolute atomic E-state index is 0.0645. The molecule has 0 bridgehead atoms. The summed E-state index contributed by atoms with van der Waals surface area (Å²) in [6, 6.07) is 11.0. The SMILES string of the molecule is CN(Cc1cc([N+](=O)[O-])ccc1Cl)C(=O)C1Cc2ccccc2C(=O)O1. The minimum atomic E-state index is -0.931. The Morgan fingerprint density at radius 3 is 2.81 bits per heavy atom. The topological polar surface area (TPSA) is 89.8 Å². The molecule has 1 amide bonds. The first-order valence-electron chi connectivity index (χ1n) is 7.83. The van der Waals surface area contributed by atoms with Gasteiger partial charge < -0.3 is 9.64 Å². The Bertz CT molecular complexity index is 899. The summed E-state index contributed by atoms with van der Waals surface area (Å²) >= 11 is 6.08. The number of rotatable bonds is 4. The molecule has 0 aromatic heterocycles. The lowest BCUT2D eigenvalue weighted by molar-refractivity contribution is -0.384. The number of nitro benzene ring substituents is 1. The molecule has 2 aromatic carbocycles. The molecular formula is C18H15ClN2O5. The summed E-state index contributed by atoms with van der Waals surface area (Å²) < 4.78 is 5.25. The molecule has 1 unspecified atom stereocenters. The fraction of sp³-hybridized carbons (Fsp3) is 0.222. The molecule has 1 heterocycles. The number of ether oxygens (including phenoxy) is 1. The van der Waals surface area contributed by atoms with E-state index >= 15 is 0 Å². The van der Waals surface area contributed by atoms with Crippen molar-refractivity contribution in [2.45, 2.75) is 19.1 Å². The molecule has 0 saturated heterocycles. The number of likely N-dealkylation sites (N-methyl/N-ethyl adjacent to an activating group) is 1. The molecule has 26 heavy (non-hydrogen) atoms. The van der Waals surface area contributed by atoms with Crippen LogP contribution < -0.4 is 0 Å². The fourth-order valence-electron chi connectivity index (χ4n) is 2.84. The number of halogens is 1. The van der Waals surface area contributed by atoms with Gasteiger partial charge in [-0.2, -0.15) is 0 Å². The van der Waals surface area contributed by atoms with E-state index in [4.69, 9.17) is 16.3 Å². The second kappa shape index (κ2) is 7.13. The largest absolute Gasteiger partial charge is 0.448 e. The van der Waals surface area contributed by atoms with Gasteiger partial charge in [0.2, 0.25) is 0 Å². The molecular weight excluding hydrogens is 360 g/mol.